The second-order valence-electron chi connectivity index (χ2n) is 5.91. The molecule has 1 atom stereocenters. The van der Waals surface area contributed by atoms with Crippen molar-refractivity contribution in [1.29, 1.82) is 0 Å². The van der Waals surface area contributed by atoms with E-state index in [1.54, 1.807) is 11.6 Å². The fourth-order valence-corrected chi connectivity index (χ4v) is 3.22. The van der Waals surface area contributed by atoms with Crippen LogP contribution < -0.4 is 15.2 Å². The van der Waals surface area contributed by atoms with Gasteiger partial charge in [0.05, 0.1) is 23.5 Å². The molecule has 3 rings (SSSR count). The lowest BCUT2D eigenvalue weighted by atomic mass is 10.2. The molecular weight excluding hydrogens is 394 g/mol. The lowest BCUT2D eigenvalue weighted by molar-refractivity contribution is -0.255. The van der Waals surface area contributed by atoms with Gasteiger partial charge in [-0.3, -0.25) is 4.79 Å². The van der Waals surface area contributed by atoms with E-state index >= 15 is 0 Å². The van der Waals surface area contributed by atoms with Gasteiger partial charge in [0.2, 0.25) is 11.1 Å². The van der Waals surface area contributed by atoms with Gasteiger partial charge in [0.25, 0.3) is 0 Å². The van der Waals surface area contributed by atoms with E-state index in [0.29, 0.717) is 17.5 Å². The predicted octanol–water partition coefficient (Wildman–Crippen LogP) is 1.54. The summed E-state index contributed by atoms with van der Waals surface area (Å²) in [4.78, 5) is 23.3. The molecule has 1 amide bonds. The number of nitrogens with one attached hydrogen (secondary N) is 1. The molecule has 1 heterocycles. The standard InChI is InChI=1S/C19H19N5O4S/c1-3-28-16-10-8-15(9-11-16)24-19(21-22-23-24)29-12(2)17(25)20-14-6-4-13(5-7-14)18(26)27/h4-12H,3H2,1-2H3,(H,20,25)(H,26,27)/p-1/t12-/m1/s1. The third kappa shape index (κ3) is 5.11. The number of ether oxygens (including phenoxy) is 1. The van der Waals surface area contributed by atoms with Crippen LogP contribution in [0.3, 0.4) is 0 Å². The van der Waals surface area contributed by atoms with Crippen LogP contribution in [-0.2, 0) is 4.79 Å². The maximum Gasteiger partial charge on any atom is 0.237 e. The van der Waals surface area contributed by atoms with Gasteiger partial charge in [0.15, 0.2) is 0 Å². The molecule has 0 aliphatic carbocycles. The van der Waals surface area contributed by atoms with Crippen molar-refractivity contribution in [2.45, 2.75) is 24.3 Å². The Morgan fingerprint density at radius 1 is 1.17 bits per heavy atom. The highest BCUT2D eigenvalue weighted by atomic mass is 32.2. The Hall–Kier alpha value is -3.40. The number of amides is 1. The van der Waals surface area contributed by atoms with E-state index in [2.05, 4.69) is 20.8 Å². The molecule has 1 aromatic heterocycles. The first-order valence-corrected chi connectivity index (χ1v) is 9.66. The molecule has 0 fully saturated rings. The first kappa shape index (κ1) is 20.3. The summed E-state index contributed by atoms with van der Waals surface area (Å²) in [6.07, 6.45) is 0. The van der Waals surface area contributed by atoms with E-state index in [0.717, 1.165) is 11.4 Å². The summed E-state index contributed by atoms with van der Waals surface area (Å²) in [5, 5.41) is 25.2. The summed E-state index contributed by atoms with van der Waals surface area (Å²) in [7, 11) is 0. The molecule has 0 unspecified atom stereocenters. The summed E-state index contributed by atoms with van der Waals surface area (Å²) in [6, 6.07) is 13.0. The summed E-state index contributed by atoms with van der Waals surface area (Å²) < 4.78 is 6.97. The molecule has 0 saturated heterocycles. The van der Waals surface area contributed by atoms with Crippen molar-refractivity contribution in [2.75, 3.05) is 11.9 Å². The Balaban J connectivity index is 1.66. The number of tetrazole rings is 1. The van der Waals surface area contributed by atoms with Crippen LogP contribution in [0.4, 0.5) is 5.69 Å². The number of aromatic carboxylic acids is 1. The van der Waals surface area contributed by atoms with Gasteiger partial charge >= 0.3 is 0 Å². The molecule has 0 spiro atoms. The molecule has 0 aliphatic heterocycles. The van der Waals surface area contributed by atoms with Gasteiger partial charge in [-0.2, -0.15) is 4.68 Å². The van der Waals surface area contributed by atoms with Crippen LogP contribution >= 0.6 is 11.8 Å². The lowest BCUT2D eigenvalue weighted by Gasteiger charge is -2.12. The Morgan fingerprint density at radius 2 is 1.86 bits per heavy atom. The number of anilines is 1. The topological polar surface area (TPSA) is 122 Å². The number of carboxylic acids is 1. The number of carbonyl (C=O) groups excluding carboxylic acids is 2. The smallest absolute Gasteiger partial charge is 0.237 e. The highest BCUT2D eigenvalue weighted by Gasteiger charge is 2.19. The fraction of sp³-hybridized carbons (Fsp3) is 0.211. The zero-order valence-electron chi connectivity index (χ0n) is 15.7. The quantitative estimate of drug-likeness (QED) is 0.553. The van der Waals surface area contributed by atoms with Crippen LogP contribution in [0.2, 0.25) is 0 Å². The lowest BCUT2D eigenvalue weighted by Crippen LogP contribution is -2.24. The van der Waals surface area contributed by atoms with Crippen molar-refractivity contribution in [1.82, 2.24) is 20.2 Å². The van der Waals surface area contributed by atoms with Gasteiger partial charge in [-0.05, 0) is 66.2 Å². The van der Waals surface area contributed by atoms with Gasteiger partial charge in [0, 0.05) is 5.69 Å². The number of rotatable bonds is 8. The molecule has 0 aliphatic rings. The first-order chi connectivity index (χ1) is 14.0. The molecule has 2 aromatic carbocycles. The van der Waals surface area contributed by atoms with Crippen LogP contribution in [-0.4, -0.2) is 43.9 Å². The van der Waals surface area contributed by atoms with Gasteiger partial charge in [-0.15, -0.1) is 5.10 Å². The van der Waals surface area contributed by atoms with E-state index in [1.807, 2.05) is 31.2 Å². The van der Waals surface area contributed by atoms with Gasteiger partial charge < -0.3 is 20.0 Å². The monoisotopic (exact) mass is 412 g/mol. The number of hydrogen-bond acceptors (Lipinski definition) is 8. The van der Waals surface area contributed by atoms with Crippen LogP contribution in [0, 0.1) is 0 Å². The van der Waals surface area contributed by atoms with E-state index < -0.39 is 11.2 Å². The van der Waals surface area contributed by atoms with Gasteiger partial charge in [-0.25, -0.2) is 0 Å². The number of thioether (sulfide) groups is 1. The van der Waals surface area contributed by atoms with Gasteiger partial charge in [0.1, 0.15) is 5.75 Å². The Morgan fingerprint density at radius 3 is 2.48 bits per heavy atom. The van der Waals surface area contributed by atoms with Crippen molar-refractivity contribution in [3.05, 3.63) is 54.1 Å². The van der Waals surface area contributed by atoms with Crippen LogP contribution in [0.15, 0.2) is 53.7 Å². The largest absolute Gasteiger partial charge is 0.545 e. The zero-order chi connectivity index (χ0) is 20.8. The van der Waals surface area contributed by atoms with E-state index in [9.17, 15) is 14.7 Å². The van der Waals surface area contributed by atoms with Crippen molar-refractivity contribution >= 4 is 29.3 Å². The number of hydrogen-bond donors (Lipinski definition) is 1. The maximum absolute atomic E-state index is 12.5. The second kappa shape index (κ2) is 9.20. The maximum atomic E-state index is 12.5. The first-order valence-electron chi connectivity index (χ1n) is 8.78. The third-order valence-electron chi connectivity index (χ3n) is 3.87. The molecule has 0 saturated carbocycles. The van der Waals surface area contributed by atoms with E-state index in [1.165, 1.54) is 36.0 Å². The zero-order valence-corrected chi connectivity index (χ0v) is 16.5. The molecule has 0 radical (unpaired) electrons. The Bertz CT molecular complexity index is 989. The van der Waals surface area contributed by atoms with Crippen molar-refractivity contribution in [2.24, 2.45) is 0 Å². The number of nitrogens with zero attached hydrogens (tertiary/aromatic N) is 4. The SMILES string of the molecule is CCOc1ccc(-n2nnnc2S[C@H](C)C(=O)Nc2ccc(C(=O)[O-])cc2)cc1. The number of benzene rings is 2. The van der Waals surface area contributed by atoms with Crippen LogP contribution in [0.1, 0.15) is 24.2 Å². The number of carbonyl (C=O) groups is 2. The van der Waals surface area contributed by atoms with Crippen LogP contribution in [0.5, 0.6) is 5.75 Å². The summed E-state index contributed by atoms with van der Waals surface area (Å²) in [6.45, 7) is 4.22. The fourth-order valence-electron chi connectivity index (χ4n) is 2.41. The predicted molar refractivity (Wildman–Crippen MR) is 105 cm³/mol. The third-order valence-corrected chi connectivity index (χ3v) is 4.91. The molecule has 3 aromatic rings. The van der Waals surface area contributed by atoms with Crippen molar-refractivity contribution in [3.8, 4) is 11.4 Å². The Labute approximate surface area is 171 Å². The molecule has 150 valence electrons. The highest BCUT2D eigenvalue weighted by Crippen LogP contribution is 2.25. The summed E-state index contributed by atoms with van der Waals surface area (Å²) >= 11 is 1.20. The van der Waals surface area contributed by atoms with Crippen molar-refractivity contribution < 1.29 is 19.4 Å². The molecular formula is C19H18N5O4S-. The second-order valence-corrected chi connectivity index (χ2v) is 7.22. The van der Waals surface area contributed by atoms with E-state index in [4.69, 9.17) is 4.74 Å². The van der Waals surface area contributed by atoms with E-state index in [-0.39, 0.29) is 11.5 Å². The molecule has 1 N–H and O–H groups in total. The number of aromatic nitrogens is 4. The highest BCUT2D eigenvalue weighted by molar-refractivity contribution is 8.00. The average Bonchev–Trinajstić information content (AvgIpc) is 3.17. The minimum atomic E-state index is -1.27. The summed E-state index contributed by atoms with van der Waals surface area (Å²) in [5.74, 6) is -0.790. The molecule has 0 bridgehead atoms. The minimum absolute atomic E-state index is 0.0416. The van der Waals surface area contributed by atoms with Crippen LogP contribution in [0.25, 0.3) is 5.69 Å². The normalized spacial score (nSPS) is 11.7. The summed E-state index contributed by atoms with van der Waals surface area (Å²) in [5.41, 5.74) is 1.27. The average molecular weight is 412 g/mol. The molecule has 9 nitrogen and oxygen atoms in total. The number of carboxylic acid groups (broad SMARTS) is 1. The molecule has 10 heteroatoms. The molecule has 29 heavy (non-hydrogen) atoms. The minimum Gasteiger partial charge on any atom is -0.545 e. The van der Waals surface area contributed by atoms with Gasteiger partial charge in [-0.1, -0.05) is 23.9 Å². The Kier molecular flexibility index (Phi) is 6.45. The van der Waals surface area contributed by atoms with Crippen molar-refractivity contribution in [3.63, 3.8) is 0 Å².